The van der Waals surface area contributed by atoms with Crippen molar-refractivity contribution in [3.05, 3.63) is 0 Å². The minimum Gasteiger partial charge on any atom is -0.381 e. The van der Waals surface area contributed by atoms with Gasteiger partial charge in [0.15, 0.2) is 0 Å². The number of ether oxygens (including phenoxy) is 1. The summed E-state index contributed by atoms with van der Waals surface area (Å²) in [5.41, 5.74) is 6.64. The molecule has 2 fully saturated rings. The highest BCUT2D eigenvalue weighted by molar-refractivity contribution is 4.87. The molecule has 1 saturated carbocycles. The van der Waals surface area contributed by atoms with Crippen LogP contribution >= 0.6 is 0 Å². The van der Waals surface area contributed by atoms with Crippen molar-refractivity contribution in [2.75, 3.05) is 13.2 Å². The Morgan fingerprint density at radius 2 is 1.73 bits per heavy atom. The molecule has 2 rings (SSSR count). The summed E-state index contributed by atoms with van der Waals surface area (Å²) >= 11 is 0. The first-order chi connectivity index (χ1) is 7.29. The minimum absolute atomic E-state index is 0.191. The molecule has 0 spiro atoms. The molecule has 1 saturated heterocycles. The Labute approximate surface area is 93.6 Å². The molecule has 1 heterocycles. The van der Waals surface area contributed by atoms with Gasteiger partial charge >= 0.3 is 0 Å². The predicted octanol–water partition coefficient (Wildman–Crippen LogP) is 2.85. The van der Waals surface area contributed by atoms with Gasteiger partial charge in [-0.1, -0.05) is 19.3 Å². The van der Waals surface area contributed by atoms with E-state index in [1.165, 1.54) is 57.8 Å². The van der Waals surface area contributed by atoms with Crippen molar-refractivity contribution in [1.82, 2.24) is 0 Å². The lowest BCUT2D eigenvalue weighted by Gasteiger charge is -2.35. The predicted molar refractivity (Wildman–Crippen MR) is 62.8 cm³/mol. The van der Waals surface area contributed by atoms with Gasteiger partial charge < -0.3 is 10.5 Å². The monoisotopic (exact) mass is 211 g/mol. The molecule has 88 valence electrons. The van der Waals surface area contributed by atoms with Crippen LogP contribution in [0.2, 0.25) is 0 Å². The highest BCUT2D eigenvalue weighted by Crippen LogP contribution is 2.32. The summed E-state index contributed by atoms with van der Waals surface area (Å²) < 4.78 is 5.39. The van der Waals surface area contributed by atoms with Gasteiger partial charge in [0.2, 0.25) is 0 Å². The van der Waals surface area contributed by atoms with Crippen molar-refractivity contribution < 1.29 is 4.74 Å². The van der Waals surface area contributed by atoms with Gasteiger partial charge in [0.1, 0.15) is 0 Å². The number of rotatable bonds is 3. The molecule has 0 bridgehead atoms. The summed E-state index contributed by atoms with van der Waals surface area (Å²) in [6.45, 7) is 1.95. The maximum atomic E-state index is 6.44. The molecule has 0 aromatic rings. The first kappa shape index (κ1) is 11.4. The van der Waals surface area contributed by atoms with Crippen LogP contribution in [0.4, 0.5) is 0 Å². The fourth-order valence-corrected chi connectivity index (χ4v) is 3.03. The molecule has 2 N–H and O–H groups in total. The Morgan fingerprint density at radius 3 is 2.40 bits per heavy atom. The van der Waals surface area contributed by atoms with Crippen LogP contribution < -0.4 is 5.73 Å². The summed E-state index contributed by atoms with van der Waals surface area (Å²) in [6, 6.07) is 0. The van der Waals surface area contributed by atoms with Crippen molar-refractivity contribution in [2.24, 2.45) is 11.7 Å². The second-order valence-electron chi connectivity index (χ2n) is 5.52. The average Bonchev–Trinajstić information content (AvgIpc) is 2.29. The largest absolute Gasteiger partial charge is 0.381 e. The van der Waals surface area contributed by atoms with Crippen molar-refractivity contribution >= 4 is 0 Å². The Balaban J connectivity index is 1.70. The second kappa shape index (κ2) is 5.31. The third-order valence-corrected chi connectivity index (χ3v) is 4.24. The van der Waals surface area contributed by atoms with Gasteiger partial charge in [-0.15, -0.1) is 0 Å². The quantitative estimate of drug-likeness (QED) is 0.779. The molecule has 0 radical (unpaired) electrons. The van der Waals surface area contributed by atoms with Crippen LogP contribution in [0.3, 0.4) is 0 Å². The third kappa shape index (κ3) is 3.46. The molecule has 2 heteroatoms. The third-order valence-electron chi connectivity index (χ3n) is 4.24. The molecule has 0 amide bonds. The summed E-state index contributed by atoms with van der Waals surface area (Å²) in [5, 5.41) is 0. The topological polar surface area (TPSA) is 35.2 Å². The molecule has 0 aromatic heterocycles. The molecule has 1 aliphatic carbocycles. The molecule has 0 aromatic carbocycles. The van der Waals surface area contributed by atoms with Crippen LogP contribution in [0.5, 0.6) is 0 Å². The highest BCUT2D eigenvalue weighted by Gasteiger charge is 2.28. The van der Waals surface area contributed by atoms with Gasteiger partial charge in [-0.05, 0) is 44.4 Å². The SMILES string of the molecule is NC1(CCC2CCOCC2)CCCCC1. The molecule has 1 aliphatic heterocycles. The standard InChI is InChI=1S/C13H25NO/c14-13(7-2-1-3-8-13)9-4-12-5-10-15-11-6-12/h12H,1-11,14H2. The highest BCUT2D eigenvalue weighted by atomic mass is 16.5. The first-order valence-electron chi connectivity index (χ1n) is 6.65. The van der Waals surface area contributed by atoms with Crippen molar-refractivity contribution in [3.63, 3.8) is 0 Å². The van der Waals surface area contributed by atoms with Gasteiger partial charge in [0, 0.05) is 18.8 Å². The Morgan fingerprint density at radius 1 is 1.07 bits per heavy atom. The number of nitrogens with two attached hydrogens (primary N) is 1. The molecule has 2 aliphatic rings. The second-order valence-corrected chi connectivity index (χ2v) is 5.52. The van der Waals surface area contributed by atoms with Crippen molar-refractivity contribution in [2.45, 2.75) is 63.3 Å². The van der Waals surface area contributed by atoms with Crippen LogP contribution in [0, 0.1) is 5.92 Å². The van der Waals surface area contributed by atoms with E-state index in [1.54, 1.807) is 0 Å². The zero-order chi connectivity index (χ0) is 10.6. The lowest BCUT2D eigenvalue weighted by molar-refractivity contribution is 0.0601. The van der Waals surface area contributed by atoms with Crippen LogP contribution in [-0.4, -0.2) is 18.8 Å². The summed E-state index contributed by atoms with van der Waals surface area (Å²) in [4.78, 5) is 0. The molecular formula is C13H25NO. The van der Waals surface area contributed by atoms with E-state index in [9.17, 15) is 0 Å². The maximum absolute atomic E-state index is 6.44. The van der Waals surface area contributed by atoms with Gasteiger partial charge in [-0.25, -0.2) is 0 Å². The van der Waals surface area contributed by atoms with E-state index in [-0.39, 0.29) is 5.54 Å². The Bertz CT molecular complexity index is 181. The summed E-state index contributed by atoms with van der Waals surface area (Å²) in [5.74, 6) is 0.890. The zero-order valence-electron chi connectivity index (χ0n) is 9.84. The molecule has 0 unspecified atom stereocenters. The van der Waals surface area contributed by atoms with E-state index in [0.29, 0.717) is 0 Å². The molecule has 2 nitrogen and oxygen atoms in total. The molecule has 15 heavy (non-hydrogen) atoms. The van der Waals surface area contributed by atoms with E-state index in [1.807, 2.05) is 0 Å². The van der Waals surface area contributed by atoms with Crippen molar-refractivity contribution in [3.8, 4) is 0 Å². The van der Waals surface area contributed by atoms with Crippen molar-refractivity contribution in [1.29, 1.82) is 0 Å². The molecular weight excluding hydrogens is 186 g/mol. The summed E-state index contributed by atoms with van der Waals surface area (Å²) in [7, 11) is 0. The van der Waals surface area contributed by atoms with Crippen LogP contribution in [0.15, 0.2) is 0 Å². The van der Waals surface area contributed by atoms with E-state index in [0.717, 1.165) is 19.1 Å². The fraction of sp³-hybridized carbons (Fsp3) is 1.00. The maximum Gasteiger partial charge on any atom is 0.0468 e. The van der Waals surface area contributed by atoms with Crippen LogP contribution in [0.25, 0.3) is 0 Å². The van der Waals surface area contributed by atoms with Crippen LogP contribution in [0.1, 0.15) is 57.8 Å². The molecule has 0 atom stereocenters. The van der Waals surface area contributed by atoms with Gasteiger partial charge in [-0.3, -0.25) is 0 Å². The number of hydrogen-bond donors (Lipinski definition) is 1. The van der Waals surface area contributed by atoms with Gasteiger partial charge in [0.25, 0.3) is 0 Å². The Kier molecular flexibility index (Phi) is 4.04. The summed E-state index contributed by atoms with van der Waals surface area (Å²) in [6.07, 6.45) is 11.7. The smallest absolute Gasteiger partial charge is 0.0468 e. The van der Waals surface area contributed by atoms with Gasteiger partial charge in [-0.2, -0.15) is 0 Å². The minimum atomic E-state index is 0.191. The van der Waals surface area contributed by atoms with Gasteiger partial charge in [0.05, 0.1) is 0 Å². The number of hydrogen-bond acceptors (Lipinski definition) is 2. The fourth-order valence-electron chi connectivity index (χ4n) is 3.03. The normalized spacial score (nSPS) is 27.8. The zero-order valence-corrected chi connectivity index (χ0v) is 9.84. The first-order valence-corrected chi connectivity index (χ1v) is 6.65. The average molecular weight is 211 g/mol. The van der Waals surface area contributed by atoms with E-state index in [2.05, 4.69) is 0 Å². The van der Waals surface area contributed by atoms with E-state index < -0.39 is 0 Å². The lowest BCUT2D eigenvalue weighted by Crippen LogP contribution is -2.42. The van der Waals surface area contributed by atoms with E-state index in [4.69, 9.17) is 10.5 Å². The lowest BCUT2D eigenvalue weighted by atomic mass is 9.77. The Hall–Kier alpha value is -0.0800. The van der Waals surface area contributed by atoms with E-state index >= 15 is 0 Å². The van der Waals surface area contributed by atoms with Crippen LogP contribution in [-0.2, 0) is 4.74 Å².